The molecule has 1 aromatic rings. The Bertz CT molecular complexity index is 2150. The number of amides is 10. The van der Waals surface area contributed by atoms with Crippen molar-refractivity contribution >= 4 is 82.8 Å². The van der Waals surface area contributed by atoms with Gasteiger partial charge in [0, 0.05) is 25.7 Å². The molecule has 29 heteroatoms. The predicted octanol–water partition coefficient (Wildman–Crippen LogP) is -4.94. The maximum Gasteiger partial charge on any atom is 0.326 e. The summed E-state index contributed by atoms with van der Waals surface area (Å²) in [7, 11) is 0. The lowest BCUT2D eigenvalue weighted by Gasteiger charge is -2.28. The standard InChI is InChI=1S/C46H73N11O17S/c1-22(2)18-31(54-38(65)26(47)20-58)43(70)53-30(16-17-75-5)42(69)52-29(12-15-36(63)64)40(67)50-27(10-13-34(48)61)39(66)51-28(11-14-35(49)62)41(68)55-32(19-24-6-8-25(60)9-7-24)44(71)56-33(21-59)45(72)57-37(23(3)4)46(73)74/h6-9,22-23,26-33,37,58-60H,10-21,47H2,1-5H3,(H2,48,61)(H2,49,62)(H,50,67)(H,51,66)(H,52,69)(H,53,70)(H,54,65)(H,55,68)(H,56,71)(H,57,72)(H,63,64)(H,73,74)/t26-,27-,28-,29-,30-,31-,32-,33-,37-/m0/s1. The van der Waals surface area contributed by atoms with Crippen LogP contribution in [0, 0.1) is 11.8 Å². The molecule has 0 aromatic heterocycles. The van der Waals surface area contributed by atoms with Crippen molar-refractivity contribution in [2.24, 2.45) is 29.0 Å². The second kappa shape index (κ2) is 33.7. The van der Waals surface area contributed by atoms with Crippen LogP contribution in [-0.4, -0.2) is 176 Å². The van der Waals surface area contributed by atoms with E-state index in [9.17, 15) is 83.1 Å². The molecule has 0 unspecified atom stereocenters. The van der Waals surface area contributed by atoms with Crippen molar-refractivity contribution in [2.45, 2.75) is 140 Å². The Morgan fingerprint density at radius 2 is 0.907 bits per heavy atom. The van der Waals surface area contributed by atoms with E-state index in [1.165, 1.54) is 49.9 Å². The van der Waals surface area contributed by atoms with E-state index >= 15 is 0 Å². The molecule has 0 bridgehead atoms. The number of carbonyl (C=O) groups is 12. The Hall–Kier alpha value is -7.11. The fraction of sp³-hybridized carbons (Fsp3) is 0.609. The van der Waals surface area contributed by atoms with Crippen molar-refractivity contribution in [3.05, 3.63) is 29.8 Å². The van der Waals surface area contributed by atoms with Crippen molar-refractivity contribution in [3.63, 3.8) is 0 Å². The van der Waals surface area contributed by atoms with Crippen LogP contribution in [0.2, 0.25) is 0 Å². The molecule has 0 saturated carbocycles. The van der Waals surface area contributed by atoms with Gasteiger partial charge in [-0.1, -0.05) is 39.8 Å². The maximum atomic E-state index is 14.1. The summed E-state index contributed by atoms with van der Waals surface area (Å²) in [6, 6.07) is -8.81. The molecule has 420 valence electrons. The number of primary amides is 2. The van der Waals surface area contributed by atoms with Gasteiger partial charge in [0.1, 0.15) is 60.1 Å². The van der Waals surface area contributed by atoms with E-state index in [-0.39, 0.29) is 36.7 Å². The van der Waals surface area contributed by atoms with Crippen LogP contribution >= 0.6 is 11.8 Å². The van der Waals surface area contributed by atoms with Crippen LogP contribution in [0.1, 0.15) is 84.6 Å². The normalized spacial score (nSPS) is 14.7. The second-order valence-corrected chi connectivity index (χ2v) is 19.2. The molecular formula is C46H73N11O17S. The number of aliphatic hydroxyl groups excluding tert-OH is 2. The third-order valence-electron chi connectivity index (χ3n) is 11.1. The van der Waals surface area contributed by atoms with Gasteiger partial charge in [-0.3, -0.25) is 52.7 Å². The number of thioether (sulfide) groups is 1. The van der Waals surface area contributed by atoms with Crippen LogP contribution in [0.25, 0.3) is 0 Å². The number of phenolic OH excluding ortho intramolecular Hbond substituents is 1. The third kappa shape index (κ3) is 25.1. The van der Waals surface area contributed by atoms with Crippen LogP contribution in [-0.2, 0) is 64.0 Å². The highest BCUT2D eigenvalue weighted by Gasteiger charge is 2.36. The zero-order valence-corrected chi connectivity index (χ0v) is 43.2. The SMILES string of the molecule is CSCC[C@H](NC(=O)[C@H](CC(C)C)NC(=O)[C@@H](N)CO)C(=O)N[C@@H](CCC(=O)O)C(=O)N[C@@H](CCC(N)=O)C(=O)N[C@@H](CCC(N)=O)C(=O)N[C@@H](Cc1ccc(O)cc1)C(=O)N[C@@H](CO)C(=O)N[C@H](C(=O)O)C(C)C. The molecule has 10 amide bonds. The summed E-state index contributed by atoms with van der Waals surface area (Å²) >= 11 is 1.29. The van der Waals surface area contributed by atoms with Gasteiger partial charge in [0.15, 0.2) is 0 Å². The van der Waals surface area contributed by atoms with Crippen LogP contribution < -0.4 is 59.7 Å². The summed E-state index contributed by atoms with van der Waals surface area (Å²) in [5, 5.41) is 67.3. The first-order valence-corrected chi connectivity index (χ1v) is 25.2. The van der Waals surface area contributed by atoms with Crippen LogP contribution in [0.3, 0.4) is 0 Å². The van der Waals surface area contributed by atoms with Crippen LogP contribution in [0.15, 0.2) is 24.3 Å². The number of carboxylic acids is 2. The average Bonchev–Trinajstić information content (AvgIpc) is 3.33. The van der Waals surface area contributed by atoms with Crippen molar-refractivity contribution in [2.75, 3.05) is 25.2 Å². The van der Waals surface area contributed by atoms with E-state index in [1.54, 1.807) is 20.1 Å². The molecule has 0 aliphatic heterocycles. The van der Waals surface area contributed by atoms with Gasteiger partial charge in [-0.2, -0.15) is 11.8 Å². The first-order valence-electron chi connectivity index (χ1n) is 23.8. The van der Waals surface area contributed by atoms with E-state index in [2.05, 4.69) is 42.5 Å². The van der Waals surface area contributed by atoms with E-state index in [4.69, 9.17) is 17.2 Å². The molecule has 19 N–H and O–H groups in total. The minimum absolute atomic E-state index is 0.0385. The molecular weight excluding hydrogens is 1010 g/mol. The number of carboxylic acid groups (broad SMARTS) is 2. The lowest BCUT2D eigenvalue weighted by molar-refractivity contribution is -0.144. The Morgan fingerprint density at radius 1 is 0.520 bits per heavy atom. The van der Waals surface area contributed by atoms with Gasteiger partial charge in [-0.25, -0.2) is 4.79 Å². The third-order valence-corrected chi connectivity index (χ3v) is 11.7. The highest BCUT2D eigenvalue weighted by molar-refractivity contribution is 7.98. The van der Waals surface area contributed by atoms with Gasteiger partial charge >= 0.3 is 11.9 Å². The molecule has 28 nitrogen and oxygen atoms in total. The Morgan fingerprint density at radius 3 is 1.29 bits per heavy atom. The van der Waals surface area contributed by atoms with Crippen molar-refractivity contribution in [3.8, 4) is 5.75 Å². The maximum absolute atomic E-state index is 14.1. The minimum atomic E-state index is -1.78. The molecule has 0 heterocycles. The minimum Gasteiger partial charge on any atom is -0.508 e. The van der Waals surface area contributed by atoms with Gasteiger partial charge < -0.3 is 85.3 Å². The van der Waals surface area contributed by atoms with Crippen LogP contribution in [0.4, 0.5) is 0 Å². The molecule has 0 radical (unpaired) electrons. The highest BCUT2D eigenvalue weighted by atomic mass is 32.2. The van der Waals surface area contributed by atoms with Crippen LogP contribution in [0.5, 0.6) is 5.75 Å². The fourth-order valence-corrected chi connectivity index (χ4v) is 7.36. The molecule has 0 aliphatic rings. The number of aliphatic hydroxyl groups is 2. The van der Waals surface area contributed by atoms with Gasteiger partial charge in [-0.05, 0) is 73.6 Å². The number of rotatable bonds is 36. The Kier molecular flexibility index (Phi) is 29.6. The summed E-state index contributed by atoms with van der Waals surface area (Å²) < 4.78 is 0. The smallest absolute Gasteiger partial charge is 0.326 e. The van der Waals surface area contributed by atoms with Gasteiger partial charge in [0.2, 0.25) is 59.1 Å². The first-order chi connectivity index (χ1) is 35.1. The molecule has 0 fully saturated rings. The zero-order valence-electron chi connectivity index (χ0n) is 42.4. The second-order valence-electron chi connectivity index (χ2n) is 18.2. The summed E-state index contributed by atoms with van der Waals surface area (Å²) in [6.07, 6.45) is -2.15. The predicted molar refractivity (Wildman–Crippen MR) is 268 cm³/mol. The number of hydrogen-bond donors (Lipinski definition) is 16. The summed E-state index contributed by atoms with van der Waals surface area (Å²) in [5.41, 5.74) is 16.7. The molecule has 75 heavy (non-hydrogen) atoms. The number of aromatic hydroxyl groups is 1. The summed E-state index contributed by atoms with van der Waals surface area (Å²) in [6.45, 7) is 4.75. The van der Waals surface area contributed by atoms with Crippen molar-refractivity contribution in [1.82, 2.24) is 42.5 Å². The van der Waals surface area contributed by atoms with Crippen molar-refractivity contribution in [1.29, 1.82) is 0 Å². The number of hydrogen-bond acceptors (Lipinski definition) is 17. The molecule has 0 saturated heterocycles. The van der Waals surface area contributed by atoms with E-state index in [0.717, 1.165) is 0 Å². The van der Waals surface area contributed by atoms with Crippen molar-refractivity contribution < 1.29 is 83.1 Å². The Balaban J connectivity index is 3.63. The van der Waals surface area contributed by atoms with E-state index < -0.39 is 183 Å². The molecule has 1 rings (SSSR count). The number of benzene rings is 1. The average molecular weight is 1080 g/mol. The lowest BCUT2D eigenvalue weighted by atomic mass is 10.0. The Labute approximate surface area is 436 Å². The molecule has 0 spiro atoms. The van der Waals surface area contributed by atoms with Gasteiger partial charge in [0.05, 0.1) is 13.2 Å². The van der Waals surface area contributed by atoms with Gasteiger partial charge in [-0.15, -0.1) is 0 Å². The zero-order chi connectivity index (χ0) is 57.1. The van der Waals surface area contributed by atoms with E-state index in [1.807, 2.05) is 0 Å². The number of aliphatic carboxylic acids is 2. The van der Waals surface area contributed by atoms with Gasteiger partial charge in [0.25, 0.3) is 0 Å². The number of carbonyl (C=O) groups excluding carboxylic acids is 10. The lowest BCUT2D eigenvalue weighted by Crippen LogP contribution is -2.61. The molecule has 1 aromatic carbocycles. The number of phenols is 1. The summed E-state index contributed by atoms with van der Waals surface area (Å²) in [5.74, 6) is -13.8. The topological polar surface area (TPSA) is 480 Å². The highest BCUT2D eigenvalue weighted by Crippen LogP contribution is 2.14. The first kappa shape index (κ1) is 65.9. The largest absolute Gasteiger partial charge is 0.508 e. The number of nitrogens with one attached hydrogen (secondary N) is 8. The molecule has 9 atom stereocenters. The summed E-state index contributed by atoms with van der Waals surface area (Å²) in [4.78, 5) is 157. The quantitative estimate of drug-likeness (QED) is 0.0299. The van der Waals surface area contributed by atoms with E-state index in [0.29, 0.717) is 5.56 Å². The molecule has 0 aliphatic carbocycles. The monoisotopic (exact) mass is 1080 g/mol. The number of nitrogens with two attached hydrogens (primary N) is 3. The fourth-order valence-electron chi connectivity index (χ4n) is 6.89.